The van der Waals surface area contributed by atoms with Crippen molar-refractivity contribution in [3.8, 4) is 0 Å². The maximum Gasteiger partial charge on any atom is 0.225 e. The Hall–Kier alpha value is -1.31. The van der Waals surface area contributed by atoms with Crippen molar-refractivity contribution in [1.29, 1.82) is 0 Å². The molecular weight excluding hydrogens is 210 g/mol. The zero-order chi connectivity index (χ0) is 12.3. The fraction of sp³-hybridized carbons (Fsp3) is 0.533. The average Bonchev–Trinajstić information content (AvgIpc) is 3.14. The minimum Gasteiger partial charge on any atom is -0.338 e. The van der Waals surface area contributed by atoms with Crippen molar-refractivity contribution in [3.05, 3.63) is 35.4 Å². The predicted octanol–water partition coefficient (Wildman–Crippen LogP) is 3.14. The summed E-state index contributed by atoms with van der Waals surface area (Å²) in [6.07, 6.45) is 3.21. The highest BCUT2D eigenvalue weighted by Crippen LogP contribution is 2.31. The van der Waals surface area contributed by atoms with Gasteiger partial charge in [0.25, 0.3) is 0 Å². The quantitative estimate of drug-likeness (QED) is 0.762. The van der Waals surface area contributed by atoms with Gasteiger partial charge in [0.05, 0.1) is 0 Å². The Morgan fingerprint density at radius 3 is 2.47 bits per heavy atom. The van der Waals surface area contributed by atoms with Crippen molar-refractivity contribution in [2.45, 2.75) is 39.7 Å². The second-order valence-corrected chi connectivity index (χ2v) is 5.02. The van der Waals surface area contributed by atoms with Crippen LogP contribution in [0.3, 0.4) is 0 Å². The number of amides is 1. The lowest BCUT2D eigenvalue weighted by molar-refractivity contribution is -0.133. The van der Waals surface area contributed by atoms with E-state index in [-0.39, 0.29) is 0 Å². The number of hydrogen-bond donors (Lipinski definition) is 0. The van der Waals surface area contributed by atoms with Gasteiger partial charge in [0, 0.05) is 19.0 Å². The van der Waals surface area contributed by atoms with Crippen LogP contribution in [0.5, 0.6) is 0 Å². The third-order valence-corrected chi connectivity index (χ3v) is 3.23. The van der Waals surface area contributed by atoms with Gasteiger partial charge in [-0.3, -0.25) is 4.79 Å². The van der Waals surface area contributed by atoms with E-state index in [0.717, 1.165) is 32.4 Å². The van der Waals surface area contributed by atoms with Gasteiger partial charge in [-0.2, -0.15) is 0 Å². The van der Waals surface area contributed by atoms with E-state index in [4.69, 9.17) is 0 Å². The van der Waals surface area contributed by atoms with Gasteiger partial charge in [-0.15, -0.1) is 0 Å². The Labute approximate surface area is 104 Å². The van der Waals surface area contributed by atoms with Gasteiger partial charge >= 0.3 is 0 Å². The SMILES string of the molecule is CCCN(Cc1ccc(C)cc1)C(=O)C1CC1. The zero-order valence-electron chi connectivity index (χ0n) is 10.8. The van der Waals surface area contributed by atoms with E-state index in [9.17, 15) is 4.79 Å². The molecule has 0 radical (unpaired) electrons. The normalized spacial score (nSPS) is 14.7. The molecule has 17 heavy (non-hydrogen) atoms. The maximum atomic E-state index is 12.1. The molecule has 0 N–H and O–H groups in total. The molecule has 1 aliphatic rings. The summed E-state index contributed by atoms with van der Waals surface area (Å²) in [6, 6.07) is 8.47. The Balaban J connectivity index is 2.01. The van der Waals surface area contributed by atoms with Crippen LogP contribution in [-0.2, 0) is 11.3 Å². The van der Waals surface area contributed by atoms with E-state index in [1.54, 1.807) is 0 Å². The van der Waals surface area contributed by atoms with Crippen LogP contribution in [0.2, 0.25) is 0 Å². The molecule has 2 nitrogen and oxygen atoms in total. The molecule has 1 aliphatic carbocycles. The first kappa shape index (κ1) is 12.2. The molecule has 0 aliphatic heterocycles. The Bertz CT molecular complexity index is 378. The molecule has 1 aromatic rings. The van der Waals surface area contributed by atoms with Gasteiger partial charge in [0.2, 0.25) is 5.91 Å². The largest absolute Gasteiger partial charge is 0.338 e. The van der Waals surface area contributed by atoms with Gasteiger partial charge in [-0.25, -0.2) is 0 Å². The third kappa shape index (κ3) is 3.32. The van der Waals surface area contributed by atoms with Crippen molar-refractivity contribution < 1.29 is 4.79 Å². The molecular formula is C15H21NO. The molecule has 0 saturated heterocycles. The lowest BCUT2D eigenvalue weighted by Crippen LogP contribution is -2.32. The van der Waals surface area contributed by atoms with Crippen molar-refractivity contribution in [2.24, 2.45) is 5.92 Å². The fourth-order valence-electron chi connectivity index (χ4n) is 2.04. The molecule has 1 amide bonds. The molecule has 0 heterocycles. The van der Waals surface area contributed by atoms with Crippen LogP contribution in [0.25, 0.3) is 0 Å². The first-order valence-corrected chi connectivity index (χ1v) is 6.55. The van der Waals surface area contributed by atoms with E-state index >= 15 is 0 Å². The van der Waals surface area contributed by atoms with E-state index in [2.05, 4.69) is 38.1 Å². The van der Waals surface area contributed by atoms with Crippen LogP contribution in [0.1, 0.15) is 37.3 Å². The molecule has 92 valence electrons. The van der Waals surface area contributed by atoms with Gasteiger partial charge in [0.1, 0.15) is 0 Å². The smallest absolute Gasteiger partial charge is 0.225 e. The van der Waals surface area contributed by atoms with E-state index < -0.39 is 0 Å². The van der Waals surface area contributed by atoms with Crippen LogP contribution < -0.4 is 0 Å². The van der Waals surface area contributed by atoms with E-state index in [1.165, 1.54) is 11.1 Å². The summed E-state index contributed by atoms with van der Waals surface area (Å²) < 4.78 is 0. The summed E-state index contributed by atoms with van der Waals surface area (Å²) in [5.74, 6) is 0.680. The number of hydrogen-bond acceptors (Lipinski definition) is 1. The maximum absolute atomic E-state index is 12.1. The Kier molecular flexibility index (Phi) is 3.82. The Morgan fingerprint density at radius 2 is 1.94 bits per heavy atom. The second-order valence-electron chi connectivity index (χ2n) is 5.02. The third-order valence-electron chi connectivity index (χ3n) is 3.23. The van der Waals surface area contributed by atoms with Gasteiger partial charge in [0.15, 0.2) is 0 Å². The first-order valence-electron chi connectivity index (χ1n) is 6.55. The van der Waals surface area contributed by atoms with E-state index in [1.807, 2.05) is 4.90 Å². The summed E-state index contributed by atoms with van der Waals surface area (Å²) >= 11 is 0. The Morgan fingerprint density at radius 1 is 1.29 bits per heavy atom. The summed E-state index contributed by atoms with van der Waals surface area (Å²) in [4.78, 5) is 14.1. The summed E-state index contributed by atoms with van der Waals surface area (Å²) in [6.45, 7) is 5.86. The number of aryl methyl sites for hydroxylation is 1. The molecule has 2 rings (SSSR count). The standard InChI is InChI=1S/C15H21NO/c1-3-10-16(15(17)14-8-9-14)11-13-6-4-12(2)5-7-13/h4-7,14H,3,8-11H2,1-2H3. The molecule has 1 fully saturated rings. The van der Waals surface area contributed by atoms with Gasteiger partial charge < -0.3 is 4.90 Å². The summed E-state index contributed by atoms with van der Waals surface area (Å²) in [5, 5.41) is 0. The summed E-state index contributed by atoms with van der Waals surface area (Å²) in [5.41, 5.74) is 2.50. The van der Waals surface area contributed by atoms with Crippen LogP contribution in [0, 0.1) is 12.8 Å². The van der Waals surface area contributed by atoms with Crippen LogP contribution in [-0.4, -0.2) is 17.4 Å². The molecule has 1 saturated carbocycles. The van der Waals surface area contributed by atoms with Crippen molar-refractivity contribution in [2.75, 3.05) is 6.54 Å². The number of benzene rings is 1. The number of rotatable bonds is 5. The molecule has 0 spiro atoms. The van der Waals surface area contributed by atoms with Crippen molar-refractivity contribution in [3.63, 3.8) is 0 Å². The lowest BCUT2D eigenvalue weighted by atomic mass is 10.1. The molecule has 0 atom stereocenters. The minimum atomic E-state index is 0.326. The number of carbonyl (C=O) groups excluding carboxylic acids is 1. The van der Waals surface area contributed by atoms with Crippen LogP contribution in [0.4, 0.5) is 0 Å². The second kappa shape index (κ2) is 5.35. The van der Waals surface area contributed by atoms with E-state index in [0.29, 0.717) is 11.8 Å². The van der Waals surface area contributed by atoms with Crippen LogP contribution in [0.15, 0.2) is 24.3 Å². The molecule has 1 aromatic carbocycles. The van der Waals surface area contributed by atoms with Crippen LogP contribution >= 0.6 is 0 Å². The van der Waals surface area contributed by atoms with Crippen molar-refractivity contribution >= 4 is 5.91 Å². The zero-order valence-corrected chi connectivity index (χ0v) is 10.8. The van der Waals surface area contributed by atoms with Crippen molar-refractivity contribution in [1.82, 2.24) is 4.90 Å². The molecule has 0 aromatic heterocycles. The fourth-order valence-corrected chi connectivity index (χ4v) is 2.04. The number of carbonyl (C=O) groups is 1. The molecule has 0 bridgehead atoms. The highest BCUT2D eigenvalue weighted by Gasteiger charge is 2.32. The lowest BCUT2D eigenvalue weighted by Gasteiger charge is -2.22. The molecule has 0 unspecified atom stereocenters. The predicted molar refractivity (Wildman–Crippen MR) is 69.6 cm³/mol. The highest BCUT2D eigenvalue weighted by molar-refractivity contribution is 5.81. The summed E-state index contributed by atoms with van der Waals surface area (Å²) in [7, 11) is 0. The van der Waals surface area contributed by atoms with Gasteiger partial charge in [-0.05, 0) is 31.7 Å². The number of nitrogens with zero attached hydrogens (tertiary/aromatic N) is 1. The topological polar surface area (TPSA) is 20.3 Å². The van der Waals surface area contributed by atoms with Gasteiger partial charge in [-0.1, -0.05) is 36.8 Å². The highest BCUT2D eigenvalue weighted by atomic mass is 16.2. The average molecular weight is 231 g/mol. The minimum absolute atomic E-state index is 0.326. The monoisotopic (exact) mass is 231 g/mol. The first-order chi connectivity index (χ1) is 8.20. The molecule has 2 heteroatoms.